The first-order chi connectivity index (χ1) is 17.2. The molecule has 0 radical (unpaired) electrons. The number of thiophene rings is 1. The summed E-state index contributed by atoms with van der Waals surface area (Å²) in [6, 6.07) is 21.2. The molecule has 0 saturated heterocycles. The molecule has 2 amide bonds. The second kappa shape index (κ2) is 12.5. The normalized spacial score (nSPS) is 14.9. The van der Waals surface area contributed by atoms with Gasteiger partial charge in [0.2, 0.25) is 11.8 Å². The van der Waals surface area contributed by atoms with E-state index in [1.807, 2.05) is 65.6 Å². The molecule has 1 aliphatic rings. The standard InChI is InChI=1S/C28H32N2O4S/c1-33-17-8-15-29(27(31)19-22-9-4-2-5-10-22)20-28(32)30-16-13-26-24(14-18-35-26)25(30)21-34-23-11-6-3-7-12-23/h2-7,9-12,14,18,25H,8,13,15-17,19-21H2,1H3/t25-/m1/s1. The zero-order chi connectivity index (χ0) is 24.5. The van der Waals surface area contributed by atoms with Gasteiger partial charge >= 0.3 is 0 Å². The highest BCUT2D eigenvalue weighted by Gasteiger charge is 2.33. The summed E-state index contributed by atoms with van der Waals surface area (Å²) in [6.45, 7) is 2.07. The molecule has 0 fully saturated rings. The molecular formula is C28H32N2O4S. The molecule has 35 heavy (non-hydrogen) atoms. The van der Waals surface area contributed by atoms with Crippen LogP contribution in [0.15, 0.2) is 72.1 Å². The second-order valence-corrected chi connectivity index (χ2v) is 9.60. The number of carbonyl (C=O) groups excluding carboxylic acids is 2. The van der Waals surface area contributed by atoms with Gasteiger partial charge in [0.05, 0.1) is 19.0 Å². The number of para-hydroxylation sites is 1. The maximum Gasteiger partial charge on any atom is 0.242 e. The average molecular weight is 493 g/mol. The zero-order valence-corrected chi connectivity index (χ0v) is 20.9. The fraction of sp³-hybridized carbons (Fsp3) is 0.357. The molecule has 2 aromatic carbocycles. The molecule has 1 aromatic heterocycles. The van der Waals surface area contributed by atoms with Gasteiger partial charge in [-0.25, -0.2) is 0 Å². The lowest BCUT2D eigenvalue weighted by Crippen LogP contribution is -2.48. The molecule has 2 heterocycles. The maximum atomic E-state index is 13.6. The third kappa shape index (κ3) is 6.71. The number of fused-ring (bicyclic) bond motifs is 1. The number of benzene rings is 2. The number of rotatable bonds is 11. The van der Waals surface area contributed by atoms with E-state index in [0.29, 0.717) is 32.7 Å². The fourth-order valence-corrected chi connectivity index (χ4v) is 5.32. The smallest absolute Gasteiger partial charge is 0.242 e. The number of hydrogen-bond acceptors (Lipinski definition) is 5. The number of carbonyl (C=O) groups is 2. The first-order valence-corrected chi connectivity index (χ1v) is 12.9. The Bertz CT molecular complexity index is 1090. The van der Waals surface area contributed by atoms with Gasteiger partial charge in [0, 0.05) is 31.7 Å². The van der Waals surface area contributed by atoms with E-state index in [0.717, 1.165) is 23.3 Å². The van der Waals surface area contributed by atoms with E-state index in [1.165, 1.54) is 4.88 Å². The Balaban J connectivity index is 1.47. The second-order valence-electron chi connectivity index (χ2n) is 8.60. The van der Waals surface area contributed by atoms with Crippen LogP contribution in [0, 0.1) is 0 Å². The van der Waals surface area contributed by atoms with Gasteiger partial charge in [0.1, 0.15) is 12.4 Å². The van der Waals surface area contributed by atoms with Crippen molar-refractivity contribution in [1.29, 1.82) is 0 Å². The maximum absolute atomic E-state index is 13.6. The van der Waals surface area contributed by atoms with Gasteiger partial charge in [-0.3, -0.25) is 9.59 Å². The molecule has 6 nitrogen and oxygen atoms in total. The van der Waals surface area contributed by atoms with Gasteiger partial charge in [-0.2, -0.15) is 0 Å². The molecule has 7 heteroatoms. The van der Waals surface area contributed by atoms with Gasteiger partial charge in [0.15, 0.2) is 0 Å². The van der Waals surface area contributed by atoms with Crippen LogP contribution in [0.3, 0.4) is 0 Å². The van der Waals surface area contributed by atoms with Crippen LogP contribution in [0.4, 0.5) is 0 Å². The lowest BCUT2D eigenvalue weighted by molar-refractivity contribution is -0.142. The Morgan fingerprint density at radius 2 is 1.80 bits per heavy atom. The van der Waals surface area contributed by atoms with Gasteiger partial charge < -0.3 is 19.3 Å². The van der Waals surface area contributed by atoms with Crippen LogP contribution in [0.5, 0.6) is 5.75 Å². The topological polar surface area (TPSA) is 59.1 Å². The highest BCUT2D eigenvalue weighted by Crippen LogP contribution is 2.34. The minimum absolute atomic E-state index is 0.0500. The zero-order valence-electron chi connectivity index (χ0n) is 20.1. The van der Waals surface area contributed by atoms with Crippen molar-refractivity contribution in [3.8, 4) is 5.75 Å². The average Bonchev–Trinajstić information content (AvgIpc) is 3.37. The van der Waals surface area contributed by atoms with Crippen molar-refractivity contribution < 1.29 is 19.1 Å². The lowest BCUT2D eigenvalue weighted by Gasteiger charge is -2.37. The molecule has 0 spiro atoms. The molecule has 3 aromatic rings. The van der Waals surface area contributed by atoms with Crippen LogP contribution in [0.1, 0.15) is 28.5 Å². The van der Waals surface area contributed by atoms with Crippen molar-refractivity contribution >= 4 is 23.2 Å². The van der Waals surface area contributed by atoms with Crippen molar-refractivity contribution in [3.63, 3.8) is 0 Å². The largest absolute Gasteiger partial charge is 0.491 e. The summed E-state index contributed by atoms with van der Waals surface area (Å²) < 4.78 is 11.3. The summed E-state index contributed by atoms with van der Waals surface area (Å²) in [4.78, 5) is 31.6. The summed E-state index contributed by atoms with van der Waals surface area (Å²) in [5.74, 6) is 0.676. The molecule has 0 N–H and O–H groups in total. The Labute approximate surface area is 211 Å². The van der Waals surface area contributed by atoms with Crippen LogP contribution in [0.2, 0.25) is 0 Å². The minimum atomic E-state index is -0.178. The van der Waals surface area contributed by atoms with Crippen molar-refractivity contribution in [2.45, 2.75) is 25.3 Å². The SMILES string of the molecule is COCCCN(CC(=O)N1CCc2sccc2[C@H]1COc1ccccc1)C(=O)Cc1ccccc1. The van der Waals surface area contributed by atoms with Gasteiger partial charge in [-0.15, -0.1) is 11.3 Å². The van der Waals surface area contributed by atoms with E-state index < -0.39 is 0 Å². The van der Waals surface area contributed by atoms with Crippen LogP contribution in [-0.4, -0.2) is 61.6 Å². The molecule has 4 rings (SSSR count). The third-order valence-electron chi connectivity index (χ3n) is 6.22. The van der Waals surface area contributed by atoms with Gasteiger partial charge in [-0.05, 0) is 47.5 Å². The number of hydrogen-bond donors (Lipinski definition) is 0. The third-order valence-corrected chi connectivity index (χ3v) is 7.22. The molecule has 0 aliphatic carbocycles. The first kappa shape index (κ1) is 24.9. The quantitative estimate of drug-likeness (QED) is 0.373. The predicted molar refractivity (Wildman–Crippen MR) is 138 cm³/mol. The molecule has 1 atom stereocenters. The Hall–Kier alpha value is -3.16. The van der Waals surface area contributed by atoms with E-state index in [-0.39, 0.29) is 30.8 Å². The van der Waals surface area contributed by atoms with Crippen LogP contribution in [0.25, 0.3) is 0 Å². The van der Waals surface area contributed by atoms with E-state index >= 15 is 0 Å². The summed E-state index contributed by atoms with van der Waals surface area (Å²) >= 11 is 1.73. The van der Waals surface area contributed by atoms with Crippen molar-refractivity contribution in [1.82, 2.24) is 9.80 Å². The molecule has 0 saturated carbocycles. The number of nitrogens with zero attached hydrogens (tertiary/aromatic N) is 2. The van der Waals surface area contributed by atoms with Crippen LogP contribution >= 0.6 is 11.3 Å². The highest BCUT2D eigenvalue weighted by molar-refractivity contribution is 7.10. The molecule has 0 unspecified atom stereocenters. The van der Waals surface area contributed by atoms with Crippen LogP contribution < -0.4 is 4.74 Å². The van der Waals surface area contributed by atoms with Crippen molar-refractivity contribution in [2.75, 3.05) is 40.0 Å². The Morgan fingerprint density at radius 3 is 2.54 bits per heavy atom. The van der Waals surface area contributed by atoms with Gasteiger partial charge in [-0.1, -0.05) is 48.5 Å². The number of amides is 2. The van der Waals surface area contributed by atoms with Crippen molar-refractivity contribution in [3.05, 3.63) is 88.1 Å². The van der Waals surface area contributed by atoms with E-state index in [1.54, 1.807) is 23.3 Å². The summed E-state index contributed by atoms with van der Waals surface area (Å²) in [7, 11) is 1.64. The lowest BCUT2D eigenvalue weighted by atomic mass is 10.0. The monoisotopic (exact) mass is 492 g/mol. The van der Waals surface area contributed by atoms with E-state index in [4.69, 9.17) is 9.47 Å². The van der Waals surface area contributed by atoms with E-state index in [2.05, 4.69) is 11.4 Å². The molecular weight excluding hydrogens is 460 g/mol. The van der Waals surface area contributed by atoms with Crippen molar-refractivity contribution in [2.24, 2.45) is 0 Å². The summed E-state index contributed by atoms with van der Waals surface area (Å²) in [5.41, 5.74) is 2.09. The Kier molecular flexibility index (Phi) is 8.92. The minimum Gasteiger partial charge on any atom is -0.491 e. The summed E-state index contributed by atoms with van der Waals surface area (Å²) in [5, 5.41) is 2.08. The highest BCUT2D eigenvalue weighted by atomic mass is 32.1. The van der Waals surface area contributed by atoms with Gasteiger partial charge in [0.25, 0.3) is 0 Å². The number of ether oxygens (including phenoxy) is 2. The van der Waals surface area contributed by atoms with Crippen LogP contribution in [-0.2, 0) is 27.2 Å². The first-order valence-electron chi connectivity index (χ1n) is 12.0. The predicted octanol–water partition coefficient (Wildman–Crippen LogP) is 4.36. The summed E-state index contributed by atoms with van der Waals surface area (Å²) in [6.07, 6.45) is 1.78. The number of methoxy groups -OCH3 is 1. The fourth-order valence-electron chi connectivity index (χ4n) is 4.39. The molecule has 0 bridgehead atoms. The molecule has 184 valence electrons. The van der Waals surface area contributed by atoms with E-state index in [9.17, 15) is 9.59 Å². The molecule has 1 aliphatic heterocycles. The Morgan fingerprint density at radius 1 is 1.06 bits per heavy atom.